The van der Waals surface area contributed by atoms with E-state index in [1.54, 1.807) is 18.2 Å². The van der Waals surface area contributed by atoms with Gasteiger partial charge in [-0.15, -0.1) is 0 Å². The molecule has 37 heavy (non-hydrogen) atoms. The first kappa shape index (κ1) is 20.9. The topological polar surface area (TPSA) is 60.7 Å². The smallest absolute Gasteiger partial charge is 0.135 e. The predicted octanol–water partition coefficient (Wildman–Crippen LogP) is 8.97. The summed E-state index contributed by atoms with van der Waals surface area (Å²) in [5.41, 5.74) is 6.53. The van der Waals surface area contributed by atoms with E-state index in [9.17, 15) is 10.5 Å². The van der Waals surface area contributed by atoms with E-state index in [0.717, 1.165) is 60.2 Å². The third kappa shape index (κ3) is 3.05. The maximum absolute atomic E-state index is 9.97. The van der Waals surface area contributed by atoms with Crippen LogP contribution < -0.4 is 0 Å². The Kier molecular flexibility index (Phi) is 4.58. The summed E-state index contributed by atoms with van der Waals surface area (Å²) in [5.74, 6) is 0. The van der Waals surface area contributed by atoms with Crippen molar-refractivity contribution in [2.45, 2.75) is 0 Å². The normalized spacial score (nSPS) is 11.2. The van der Waals surface area contributed by atoms with Gasteiger partial charge < -0.3 is 4.42 Å². The van der Waals surface area contributed by atoms with Gasteiger partial charge in [0.2, 0.25) is 0 Å². The molecule has 1 heterocycles. The molecule has 0 saturated heterocycles. The lowest BCUT2D eigenvalue weighted by Gasteiger charge is -2.19. The first-order valence-corrected chi connectivity index (χ1v) is 12.1. The summed E-state index contributed by atoms with van der Waals surface area (Å²) >= 11 is 0. The van der Waals surface area contributed by atoms with Crippen LogP contribution in [0.25, 0.3) is 65.7 Å². The molecule has 0 fully saturated rings. The summed E-state index contributed by atoms with van der Waals surface area (Å²) in [5, 5.41) is 26.3. The zero-order valence-corrected chi connectivity index (χ0v) is 19.7. The Labute approximate surface area is 213 Å². The molecule has 0 spiro atoms. The highest BCUT2D eigenvalue weighted by Crippen LogP contribution is 2.46. The summed E-state index contributed by atoms with van der Waals surface area (Å²) in [6.07, 6.45) is 0. The Hall–Kier alpha value is -5.38. The Morgan fingerprint density at radius 3 is 1.54 bits per heavy atom. The van der Waals surface area contributed by atoms with Gasteiger partial charge >= 0.3 is 0 Å². The number of para-hydroxylation sites is 1. The van der Waals surface area contributed by atoms with E-state index >= 15 is 0 Å². The fraction of sp³-hybridized carbons (Fsp3) is 0. The summed E-state index contributed by atoms with van der Waals surface area (Å²) in [6.45, 7) is 0. The van der Waals surface area contributed by atoms with Crippen LogP contribution in [0.3, 0.4) is 0 Å². The van der Waals surface area contributed by atoms with Gasteiger partial charge in [-0.2, -0.15) is 10.5 Å². The van der Waals surface area contributed by atoms with Crippen LogP contribution in [-0.4, -0.2) is 0 Å². The van der Waals surface area contributed by atoms with Crippen molar-refractivity contribution in [1.82, 2.24) is 0 Å². The lowest BCUT2D eigenvalue weighted by atomic mass is 9.83. The van der Waals surface area contributed by atoms with Crippen molar-refractivity contribution in [2.75, 3.05) is 0 Å². The average Bonchev–Trinajstić information content (AvgIpc) is 3.33. The van der Waals surface area contributed by atoms with Crippen molar-refractivity contribution in [1.29, 1.82) is 10.5 Å². The molecular weight excluding hydrogens is 452 g/mol. The molecule has 0 N–H and O–H groups in total. The van der Waals surface area contributed by atoms with Gasteiger partial charge in [0.25, 0.3) is 0 Å². The highest BCUT2D eigenvalue weighted by atomic mass is 16.3. The second-order valence-electron chi connectivity index (χ2n) is 9.10. The molecule has 0 aliphatic rings. The third-order valence-electron chi connectivity index (χ3n) is 7.15. The highest BCUT2D eigenvalue weighted by molar-refractivity contribution is 6.22. The molecule has 7 aromatic rings. The molecule has 0 saturated carbocycles. The fourth-order valence-electron chi connectivity index (χ4n) is 5.60. The van der Waals surface area contributed by atoms with Gasteiger partial charge in [0.15, 0.2) is 0 Å². The molecule has 7 rings (SSSR count). The van der Waals surface area contributed by atoms with E-state index in [4.69, 9.17) is 4.42 Å². The standard InChI is InChI=1S/C34H18N2O/c35-19-22-8-7-9-23(20-36)32(22)34-27-13-3-1-11-25(27)33(26-12-2-4-14-28(26)34)21-16-17-31-29(18-21)24-10-5-6-15-30(24)37-31/h1-18H. The van der Waals surface area contributed by atoms with Gasteiger partial charge in [-0.05, 0) is 63.0 Å². The minimum absolute atomic E-state index is 0.494. The summed E-state index contributed by atoms with van der Waals surface area (Å²) in [6, 6.07) is 41.0. The van der Waals surface area contributed by atoms with Gasteiger partial charge in [0.1, 0.15) is 11.2 Å². The molecule has 0 atom stereocenters. The molecule has 3 heteroatoms. The fourth-order valence-corrected chi connectivity index (χ4v) is 5.60. The first-order chi connectivity index (χ1) is 18.3. The van der Waals surface area contributed by atoms with Crippen LogP contribution in [0.4, 0.5) is 0 Å². The minimum Gasteiger partial charge on any atom is -0.456 e. The van der Waals surface area contributed by atoms with Gasteiger partial charge in [0, 0.05) is 21.9 Å². The lowest BCUT2D eigenvalue weighted by molar-refractivity contribution is 0.669. The number of benzene rings is 6. The Morgan fingerprint density at radius 2 is 0.946 bits per heavy atom. The molecule has 0 aliphatic heterocycles. The Morgan fingerprint density at radius 1 is 0.432 bits per heavy atom. The molecule has 0 amide bonds. The SMILES string of the molecule is N#Cc1cccc(C#N)c1-c1c2ccccc2c(-c2ccc3oc4ccccc4c3c2)c2ccccc12. The van der Waals surface area contributed by atoms with E-state index in [1.807, 2.05) is 48.5 Å². The second-order valence-corrected chi connectivity index (χ2v) is 9.10. The highest BCUT2D eigenvalue weighted by Gasteiger charge is 2.21. The van der Waals surface area contributed by atoms with E-state index in [1.165, 1.54) is 0 Å². The molecule has 3 nitrogen and oxygen atoms in total. The van der Waals surface area contributed by atoms with Crippen LogP contribution in [0, 0.1) is 22.7 Å². The zero-order chi connectivity index (χ0) is 24.9. The predicted molar refractivity (Wildman–Crippen MR) is 149 cm³/mol. The third-order valence-corrected chi connectivity index (χ3v) is 7.15. The molecule has 0 aliphatic carbocycles. The van der Waals surface area contributed by atoms with E-state index in [2.05, 4.69) is 54.6 Å². The molecule has 170 valence electrons. The average molecular weight is 471 g/mol. The minimum atomic E-state index is 0.494. The van der Waals surface area contributed by atoms with E-state index in [-0.39, 0.29) is 0 Å². The first-order valence-electron chi connectivity index (χ1n) is 12.1. The monoisotopic (exact) mass is 470 g/mol. The second kappa shape index (κ2) is 8.09. The molecule has 0 radical (unpaired) electrons. The van der Waals surface area contributed by atoms with Crippen molar-refractivity contribution in [3.8, 4) is 34.4 Å². The van der Waals surface area contributed by atoms with E-state index in [0.29, 0.717) is 16.7 Å². The number of nitriles is 2. The van der Waals surface area contributed by atoms with Gasteiger partial charge in [0.05, 0.1) is 23.3 Å². The number of rotatable bonds is 2. The quantitative estimate of drug-likeness (QED) is 0.237. The summed E-state index contributed by atoms with van der Waals surface area (Å²) < 4.78 is 6.09. The largest absolute Gasteiger partial charge is 0.456 e. The van der Waals surface area contributed by atoms with Crippen LogP contribution in [0.15, 0.2) is 114 Å². The van der Waals surface area contributed by atoms with Crippen molar-refractivity contribution in [3.63, 3.8) is 0 Å². The van der Waals surface area contributed by atoms with Gasteiger partial charge in [-0.3, -0.25) is 0 Å². The maximum atomic E-state index is 9.97. The van der Waals surface area contributed by atoms with Crippen molar-refractivity contribution < 1.29 is 4.42 Å². The maximum Gasteiger partial charge on any atom is 0.135 e. The molecule has 0 unspecified atom stereocenters. The van der Waals surface area contributed by atoms with Crippen LogP contribution in [0.1, 0.15) is 11.1 Å². The number of furan rings is 1. The number of hydrogen-bond acceptors (Lipinski definition) is 3. The van der Waals surface area contributed by atoms with Gasteiger partial charge in [-0.25, -0.2) is 0 Å². The van der Waals surface area contributed by atoms with Crippen molar-refractivity contribution >= 4 is 43.5 Å². The van der Waals surface area contributed by atoms with Crippen LogP contribution in [-0.2, 0) is 0 Å². The lowest BCUT2D eigenvalue weighted by Crippen LogP contribution is -1.95. The number of nitrogens with zero attached hydrogens (tertiary/aromatic N) is 2. The Bertz CT molecular complexity index is 2030. The summed E-state index contributed by atoms with van der Waals surface area (Å²) in [7, 11) is 0. The van der Waals surface area contributed by atoms with Crippen molar-refractivity contribution in [3.05, 3.63) is 120 Å². The molecule has 6 aromatic carbocycles. The van der Waals surface area contributed by atoms with Crippen molar-refractivity contribution in [2.24, 2.45) is 0 Å². The summed E-state index contributed by atoms with van der Waals surface area (Å²) in [4.78, 5) is 0. The number of hydrogen-bond donors (Lipinski definition) is 0. The van der Waals surface area contributed by atoms with Crippen LogP contribution >= 0.6 is 0 Å². The molecule has 0 bridgehead atoms. The zero-order valence-electron chi connectivity index (χ0n) is 19.7. The number of fused-ring (bicyclic) bond motifs is 5. The molecular formula is C34H18N2O. The van der Waals surface area contributed by atoms with E-state index < -0.39 is 0 Å². The van der Waals surface area contributed by atoms with Crippen LogP contribution in [0.2, 0.25) is 0 Å². The Balaban J connectivity index is 1.65. The van der Waals surface area contributed by atoms with Crippen LogP contribution in [0.5, 0.6) is 0 Å². The molecule has 1 aromatic heterocycles. The van der Waals surface area contributed by atoms with Gasteiger partial charge in [-0.1, -0.05) is 78.9 Å².